The molecule has 3 heterocycles. The zero-order valence-electron chi connectivity index (χ0n) is 25.2. The lowest BCUT2D eigenvalue weighted by Crippen LogP contribution is -2.25. The van der Waals surface area contributed by atoms with Gasteiger partial charge in [-0.1, -0.05) is 6.92 Å². The highest BCUT2D eigenvalue weighted by atomic mass is 32.1. The number of ether oxygens (including phenoxy) is 3. The molecule has 43 heavy (non-hydrogen) atoms. The first kappa shape index (κ1) is 29.7. The molecule has 2 saturated heterocycles. The van der Waals surface area contributed by atoms with Crippen LogP contribution in [0, 0.1) is 0 Å². The lowest BCUT2D eigenvalue weighted by molar-refractivity contribution is 0.104. The van der Waals surface area contributed by atoms with Crippen LogP contribution in [0.4, 0.5) is 0 Å². The van der Waals surface area contributed by atoms with Crippen molar-refractivity contribution in [2.75, 3.05) is 59.1 Å². The van der Waals surface area contributed by atoms with E-state index in [1.807, 2.05) is 48.5 Å². The number of fused-ring (bicyclic) bond motifs is 1. The molecular weight excluding hydrogens is 556 g/mol. The van der Waals surface area contributed by atoms with E-state index in [4.69, 9.17) is 14.2 Å². The number of rotatable bonds is 14. The fraction of sp³-hybridized carbons (Fsp3) is 0.417. The molecule has 6 rings (SSSR count). The highest BCUT2D eigenvalue weighted by Crippen LogP contribution is 2.42. The maximum Gasteiger partial charge on any atom is 0.195 e. The fourth-order valence-corrected chi connectivity index (χ4v) is 7.20. The molecule has 2 fully saturated rings. The van der Waals surface area contributed by atoms with Crippen LogP contribution in [0.1, 0.15) is 54.9 Å². The lowest BCUT2D eigenvalue weighted by atomic mass is 9.97. The molecule has 2 aliphatic heterocycles. The maximum absolute atomic E-state index is 14.1. The molecule has 0 radical (unpaired) electrons. The molecule has 6 nitrogen and oxygen atoms in total. The topological polar surface area (TPSA) is 51.2 Å². The second kappa shape index (κ2) is 14.4. The Balaban J connectivity index is 1.21. The van der Waals surface area contributed by atoms with Crippen molar-refractivity contribution < 1.29 is 19.0 Å². The Kier molecular flexibility index (Phi) is 9.93. The number of hydrogen-bond acceptors (Lipinski definition) is 7. The third-order valence-electron chi connectivity index (χ3n) is 8.34. The van der Waals surface area contributed by atoms with Crippen LogP contribution >= 0.6 is 11.3 Å². The quantitative estimate of drug-likeness (QED) is 0.140. The number of likely N-dealkylation sites (tertiary alicyclic amines) is 2. The summed E-state index contributed by atoms with van der Waals surface area (Å²) in [6.45, 7) is 10.7. The first-order chi connectivity index (χ1) is 21.2. The third kappa shape index (κ3) is 7.40. The average molecular weight is 599 g/mol. The summed E-state index contributed by atoms with van der Waals surface area (Å²) in [5.74, 6) is 2.49. The van der Waals surface area contributed by atoms with Crippen molar-refractivity contribution in [1.29, 1.82) is 0 Å². The second-order valence-electron chi connectivity index (χ2n) is 11.5. The van der Waals surface area contributed by atoms with Crippen LogP contribution in [-0.4, -0.2) is 74.7 Å². The van der Waals surface area contributed by atoms with Crippen molar-refractivity contribution in [2.24, 2.45) is 0 Å². The maximum atomic E-state index is 14.1. The number of nitrogens with zero attached hydrogens (tertiary/aromatic N) is 2. The molecule has 2 aliphatic rings. The van der Waals surface area contributed by atoms with E-state index in [9.17, 15) is 4.79 Å². The number of carbonyl (C=O) groups excluding carboxylic acids is 1. The fourth-order valence-electron chi connectivity index (χ4n) is 5.96. The molecule has 0 atom stereocenters. The molecular formula is C36H42N2O4S. The van der Waals surface area contributed by atoms with Gasteiger partial charge in [0.1, 0.15) is 30.5 Å². The van der Waals surface area contributed by atoms with Crippen molar-refractivity contribution in [3.8, 4) is 27.7 Å². The van der Waals surface area contributed by atoms with Gasteiger partial charge in [-0.2, -0.15) is 0 Å². The van der Waals surface area contributed by atoms with Gasteiger partial charge in [-0.15, -0.1) is 11.3 Å². The van der Waals surface area contributed by atoms with Gasteiger partial charge in [-0.25, -0.2) is 0 Å². The summed E-state index contributed by atoms with van der Waals surface area (Å²) in [7, 11) is 0. The molecule has 7 heteroatoms. The molecule has 3 aromatic carbocycles. The second-order valence-corrected chi connectivity index (χ2v) is 12.5. The van der Waals surface area contributed by atoms with E-state index in [1.165, 1.54) is 38.8 Å². The van der Waals surface area contributed by atoms with Crippen LogP contribution in [-0.2, 0) is 0 Å². The lowest BCUT2D eigenvalue weighted by Gasteiger charge is -2.15. The summed E-state index contributed by atoms with van der Waals surface area (Å²) in [4.78, 5) is 20.0. The smallest absolute Gasteiger partial charge is 0.195 e. The zero-order valence-corrected chi connectivity index (χ0v) is 26.0. The van der Waals surface area contributed by atoms with Gasteiger partial charge in [-0.3, -0.25) is 14.6 Å². The molecule has 0 saturated carbocycles. The summed E-state index contributed by atoms with van der Waals surface area (Å²) in [5.41, 5.74) is 2.39. The Morgan fingerprint density at radius 3 is 1.81 bits per heavy atom. The van der Waals surface area contributed by atoms with Crippen LogP contribution in [0.2, 0.25) is 0 Å². The largest absolute Gasteiger partial charge is 0.494 e. The van der Waals surface area contributed by atoms with Crippen molar-refractivity contribution in [3.63, 3.8) is 0 Å². The van der Waals surface area contributed by atoms with Gasteiger partial charge in [-0.05, 0) is 131 Å². The molecule has 0 amide bonds. The Labute approximate surface area is 259 Å². The Morgan fingerprint density at radius 1 is 0.698 bits per heavy atom. The van der Waals surface area contributed by atoms with Crippen molar-refractivity contribution in [1.82, 2.24) is 9.80 Å². The molecule has 0 N–H and O–H groups in total. The minimum absolute atomic E-state index is 0.0121. The van der Waals surface area contributed by atoms with Crippen LogP contribution in [0.15, 0.2) is 66.7 Å². The van der Waals surface area contributed by atoms with Gasteiger partial charge in [0.2, 0.25) is 0 Å². The van der Waals surface area contributed by atoms with E-state index in [-0.39, 0.29) is 5.78 Å². The van der Waals surface area contributed by atoms with Crippen molar-refractivity contribution in [2.45, 2.75) is 39.0 Å². The molecule has 4 aromatic rings. The predicted molar refractivity (Wildman–Crippen MR) is 175 cm³/mol. The van der Waals surface area contributed by atoms with E-state index in [2.05, 4.69) is 34.9 Å². The molecule has 0 unspecified atom stereocenters. The van der Waals surface area contributed by atoms with Gasteiger partial charge in [0.25, 0.3) is 0 Å². The standard InChI is InChI=1S/C36H42N2O4S/c1-2-23-40-31-15-16-32-33(26-31)43-36(28-9-13-30(14-10-28)42-25-22-38-19-5-6-20-38)34(32)35(39)27-7-11-29(12-8-27)41-24-21-37-17-3-4-18-37/h7-16,26H,2-6,17-25H2,1H3. The van der Waals surface area contributed by atoms with Gasteiger partial charge in [0.15, 0.2) is 5.78 Å². The monoisotopic (exact) mass is 598 g/mol. The predicted octanol–water partition coefficient (Wildman–Crippen LogP) is 7.54. The van der Waals surface area contributed by atoms with Crippen LogP contribution < -0.4 is 14.2 Å². The summed E-state index contributed by atoms with van der Waals surface area (Å²) in [6, 6.07) is 21.8. The summed E-state index contributed by atoms with van der Waals surface area (Å²) in [6.07, 6.45) is 6.07. The molecule has 226 valence electrons. The molecule has 0 aliphatic carbocycles. The Morgan fingerprint density at radius 2 is 1.23 bits per heavy atom. The first-order valence-corrected chi connectivity index (χ1v) is 16.6. The van der Waals surface area contributed by atoms with E-state index < -0.39 is 0 Å². The highest BCUT2D eigenvalue weighted by molar-refractivity contribution is 7.22. The summed E-state index contributed by atoms with van der Waals surface area (Å²) >= 11 is 1.64. The van der Waals surface area contributed by atoms with Crippen LogP contribution in [0.3, 0.4) is 0 Å². The first-order valence-electron chi connectivity index (χ1n) is 15.8. The van der Waals surface area contributed by atoms with E-state index in [1.54, 1.807) is 11.3 Å². The third-order valence-corrected chi connectivity index (χ3v) is 9.55. The number of benzene rings is 3. The molecule has 1 aromatic heterocycles. The van der Waals surface area contributed by atoms with E-state index in [0.29, 0.717) is 25.4 Å². The Hall–Kier alpha value is -3.39. The number of carbonyl (C=O) groups is 1. The molecule has 0 spiro atoms. The summed E-state index contributed by atoms with van der Waals surface area (Å²) in [5, 5.41) is 0.950. The van der Waals surface area contributed by atoms with Gasteiger partial charge >= 0.3 is 0 Å². The normalized spacial score (nSPS) is 15.7. The average Bonchev–Trinajstić information content (AvgIpc) is 3.82. The minimum Gasteiger partial charge on any atom is -0.494 e. The Bertz CT molecular complexity index is 1490. The van der Waals surface area contributed by atoms with Gasteiger partial charge < -0.3 is 14.2 Å². The van der Waals surface area contributed by atoms with E-state index >= 15 is 0 Å². The molecule has 0 bridgehead atoms. The van der Waals surface area contributed by atoms with Crippen molar-refractivity contribution in [3.05, 3.63) is 77.9 Å². The van der Waals surface area contributed by atoms with Gasteiger partial charge in [0.05, 0.1) is 6.61 Å². The van der Waals surface area contributed by atoms with Crippen molar-refractivity contribution >= 4 is 27.2 Å². The summed E-state index contributed by atoms with van der Waals surface area (Å²) < 4.78 is 19.0. The van der Waals surface area contributed by atoms with Gasteiger partial charge in [0, 0.05) is 39.2 Å². The number of ketones is 1. The van der Waals surface area contributed by atoms with Crippen LogP contribution in [0.25, 0.3) is 20.5 Å². The zero-order chi connectivity index (χ0) is 29.4. The van der Waals surface area contributed by atoms with Crippen LogP contribution in [0.5, 0.6) is 17.2 Å². The number of thiophene rings is 1. The minimum atomic E-state index is 0.0121. The number of hydrogen-bond donors (Lipinski definition) is 0. The van der Waals surface area contributed by atoms with E-state index in [0.717, 1.165) is 75.9 Å². The highest BCUT2D eigenvalue weighted by Gasteiger charge is 2.22. The SMILES string of the molecule is CCCOc1ccc2c(C(=O)c3ccc(OCCN4CCCC4)cc3)c(-c3ccc(OCCN4CCCC4)cc3)sc2c1.